The highest BCUT2D eigenvalue weighted by Crippen LogP contribution is 2.30. The molecule has 0 bridgehead atoms. The van der Waals surface area contributed by atoms with Gasteiger partial charge >= 0.3 is 0 Å². The van der Waals surface area contributed by atoms with Gasteiger partial charge in [0.05, 0.1) is 17.1 Å². The Bertz CT molecular complexity index is 1010. The first kappa shape index (κ1) is 19.2. The van der Waals surface area contributed by atoms with Crippen LogP contribution in [0.4, 0.5) is 11.4 Å². The number of carbonyl (C=O) groups excluding carboxylic acids is 2. The quantitative estimate of drug-likeness (QED) is 0.785. The maximum atomic E-state index is 12.7. The van der Waals surface area contributed by atoms with Gasteiger partial charge in [-0.15, -0.1) is 0 Å². The second kappa shape index (κ2) is 7.55. The number of halogens is 1. The zero-order valence-electron chi connectivity index (χ0n) is 14.2. The van der Waals surface area contributed by atoms with Gasteiger partial charge in [-0.05, 0) is 36.4 Å². The van der Waals surface area contributed by atoms with Crippen molar-refractivity contribution in [1.82, 2.24) is 4.31 Å². The average molecular weight is 410 g/mol. The Morgan fingerprint density at radius 2 is 2.07 bits per heavy atom. The number of hydrogen-bond acceptors (Lipinski definition) is 5. The molecule has 3 rings (SSSR count). The summed E-state index contributed by atoms with van der Waals surface area (Å²) in [5.74, 6) is -0.501. The minimum atomic E-state index is -3.95. The molecule has 27 heavy (non-hydrogen) atoms. The van der Waals surface area contributed by atoms with E-state index in [0.717, 1.165) is 4.31 Å². The van der Waals surface area contributed by atoms with Crippen molar-refractivity contribution in [3.8, 4) is 5.75 Å². The zero-order valence-corrected chi connectivity index (χ0v) is 15.8. The average Bonchev–Trinajstić information content (AvgIpc) is 2.60. The van der Waals surface area contributed by atoms with Crippen LogP contribution in [0, 0.1) is 0 Å². The Hall–Kier alpha value is -2.62. The Morgan fingerprint density at radius 1 is 1.30 bits per heavy atom. The van der Waals surface area contributed by atoms with Crippen molar-refractivity contribution in [2.45, 2.75) is 4.90 Å². The van der Waals surface area contributed by atoms with Gasteiger partial charge in [0.15, 0.2) is 6.61 Å². The third-order valence-electron chi connectivity index (χ3n) is 3.77. The number of nitrogens with zero attached hydrogens (tertiary/aromatic N) is 1. The Morgan fingerprint density at radius 3 is 2.81 bits per heavy atom. The molecule has 2 aromatic carbocycles. The number of sulfonamides is 1. The molecule has 142 valence electrons. The number of amides is 2. The molecule has 8 nitrogen and oxygen atoms in total. The van der Waals surface area contributed by atoms with E-state index in [1.54, 1.807) is 24.3 Å². The van der Waals surface area contributed by atoms with Crippen molar-refractivity contribution in [3.63, 3.8) is 0 Å². The number of benzene rings is 2. The van der Waals surface area contributed by atoms with Crippen molar-refractivity contribution >= 4 is 44.8 Å². The van der Waals surface area contributed by atoms with Crippen LogP contribution in [-0.2, 0) is 19.6 Å². The van der Waals surface area contributed by atoms with Crippen LogP contribution in [0.15, 0.2) is 47.4 Å². The summed E-state index contributed by atoms with van der Waals surface area (Å²) in [5.41, 5.74) is 0.732. The molecule has 1 aliphatic heterocycles. The lowest BCUT2D eigenvalue weighted by molar-refractivity contribution is -0.118. The van der Waals surface area contributed by atoms with Crippen LogP contribution in [0.2, 0.25) is 5.02 Å². The molecule has 2 N–H and O–H groups in total. The summed E-state index contributed by atoms with van der Waals surface area (Å²) in [6.07, 6.45) is 0. The monoisotopic (exact) mass is 409 g/mol. The van der Waals surface area contributed by atoms with E-state index in [1.165, 1.54) is 25.2 Å². The predicted molar refractivity (Wildman–Crippen MR) is 100 cm³/mol. The van der Waals surface area contributed by atoms with Crippen molar-refractivity contribution < 1.29 is 22.7 Å². The van der Waals surface area contributed by atoms with Crippen LogP contribution in [0.3, 0.4) is 0 Å². The summed E-state index contributed by atoms with van der Waals surface area (Å²) in [7, 11) is -2.65. The summed E-state index contributed by atoms with van der Waals surface area (Å²) in [6.45, 7) is -0.516. The van der Waals surface area contributed by atoms with E-state index in [4.69, 9.17) is 16.3 Å². The van der Waals surface area contributed by atoms with Crippen LogP contribution >= 0.6 is 11.6 Å². The largest absolute Gasteiger partial charge is 0.482 e. The van der Waals surface area contributed by atoms with Gasteiger partial charge < -0.3 is 15.4 Å². The van der Waals surface area contributed by atoms with Crippen LogP contribution in [0.5, 0.6) is 5.75 Å². The van der Waals surface area contributed by atoms with E-state index >= 15 is 0 Å². The first-order chi connectivity index (χ1) is 12.8. The van der Waals surface area contributed by atoms with Gasteiger partial charge in [0.1, 0.15) is 5.75 Å². The first-order valence-corrected chi connectivity index (χ1v) is 9.66. The summed E-state index contributed by atoms with van der Waals surface area (Å²) in [6, 6.07) is 10.6. The molecule has 0 atom stereocenters. The number of hydrogen-bond donors (Lipinski definition) is 2. The van der Waals surface area contributed by atoms with E-state index in [0.29, 0.717) is 16.5 Å². The fraction of sp³-hybridized carbons (Fsp3) is 0.176. The topological polar surface area (TPSA) is 105 Å². The first-order valence-electron chi connectivity index (χ1n) is 7.84. The molecule has 1 heterocycles. The minimum absolute atomic E-state index is 0.0647. The fourth-order valence-corrected chi connectivity index (χ4v) is 3.80. The predicted octanol–water partition coefficient (Wildman–Crippen LogP) is 1.93. The molecular weight excluding hydrogens is 394 g/mol. The molecule has 0 unspecified atom stereocenters. The minimum Gasteiger partial charge on any atom is -0.482 e. The van der Waals surface area contributed by atoms with Crippen molar-refractivity contribution in [3.05, 3.63) is 47.5 Å². The highest BCUT2D eigenvalue weighted by molar-refractivity contribution is 7.89. The van der Waals surface area contributed by atoms with Gasteiger partial charge in [0.25, 0.3) is 5.91 Å². The maximum Gasteiger partial charge on any atom is 0.262 e. The second-order valence-electron chi connectivity index (χ2n) is 5.81. The van der Waals surface area contributed by atoms with Gasteiger partial charge in [0, 0.05) is 17.8 Å². The summed E-state index contributed by atoms with van der Waals surface area (Å²) in [4.78, 5) is 23.5. The molecule has 0 spiro atoms. The zero-order chi connectivity index (χ0) is 19.6. The lowest BCUT2D eigenvalue weighted by atomic mass is 10.2. The Kier molecular flexibility index (Phi) is 5.36. The molecule has 0 aliphatic carbocycles. The molecule has 0 saturated heterocycles. The van der Waals surface area contributed by atoms with Crippen LogP contribution in [0.25, 0.3) is 0 Å². The van der Waals surface area contributed by atoms with Gasteiger partial charge in [-0.25, -0.2) is 8.42 Å². The lowest BCUT2D eigenvalue weighted by Crippen LogP contribution is -2.35. The normalized spacial score (nSPS) is 13.5. The summed E-state index contributed by atoms with van der Waals surface area (Å²) >= 11 is 5.86. The Labute approximate surface area is 161 Å². The number of likely N-dealkylation sites (N-methyl/N-ethyl adjacent to an activating group) is 1. The maximum absolute atomic E-state index is 12.7. The van der Waals surface area contributed by atoms with Gasteiger partial charge in [-0.3, -0.25) is 9.59 Å². The molecule has 0 fully saturated rings. The number of nitrogens with one attached hydrogen (secondary N) is 2. The van der Waals surface area contributed by atoms with Crippen molar-refractivity contribution in [2.75, 3.05) is 30.8 Å². The summed E-state index contributed by atoms with van der Waals surface area (Å²) < 4.78 is 31.6. The van der Waals surface area contributed by atoms with Gasteiger partial charge in [-0.2, -0.15) is 4.31 Å². The lowest BCUT2D eigenvalue weighted by Gasteiger charge is -2.21. The third kappa shape index (κ3) is 4.38. The Balaban J connectivity index is 1.73. The molecule has 2 aromatic rings. The summed E-state index contributed by atoms with van der Waals surface area (Å²) in [5, 5.41) is 5.59. The van der Waals surface area contributed by atoms with E-state index < -0.39 is 22.5 Å². The number of fused-ring (bicyclic) bond motifs is 1. The highest BCUT2D eigenvalue weighted by Gasteiger charge is 2.25. The van der Waals surface area contributed by atoms with Crippen LogP contribution in [-0.4, -0.2) is 44.7 Å². The van der Waals surface area contributed by atoms with E-state index in [1.807, 2.05) is 0 Å². The van der Waals surface area contributed by atoms with Crippen LogP contribution < -0.4 is 15.4 Å². The molecule has 0 aromatic heterocycles. The van der Waals surface area contributed by atoms with E-state index in [2.05, 4.69) is 10.6 Å². The SMILES string of the molecule is CN(CC(=O)Nc1cccc(Cl)c1)S(=O)(=O)c1ccc2c(c1)NC(=O)CO2. The van der Waals surface area contributed by atoms with Crippen LogP contribution in [0.1, 0.15) is 0 Å². The van der Waals surface area contributed by atoms with Gasteiger partial charge in [0.2, 0.25) is 15.9 Å². The number of ether oxygens (including phenoxy) is 1. The smallest absolute Gasteiger partial charge is 0.262 e. The molecule has 10 heteroatoms. The van der Waals surface area contributed by atoms with Gasteiger partial charge in [-0.1, -0.05) is 17.7 Å². The van der Waals surface area contributed by atoms with Crippen molar-refractivity contribution in [2.24, 2.45) is 0 Å². The van der Waals surface area contributed by atoms with Crippen molar-refractivity contribution in [1.29, 1.82) is 0 Å². The molecule has 1 aliphatic rings. The van der Waals surface area contributed by atoms with E-state index in [9.17, 15) is 18.0 Å². The standard InChI is InChI=1S/C17H16ClN3O5S/c1-21(9-16(22)19-12-4-2-3-11(18)7-12)27(24,25)13-5-6-15-14(8-13)20-17(23)10-26-15/h2-8H,9-10H2,1H3,(H,19,22)(H,20,23). The number of anilines is 2. The highest BCUT2D eigenvalue weighted by atomic mass is 35.5. The molecule has 0 radical (unpaired) electrons. The number of rotatable bonds is 5. The van der Waals surface area contributed by atoms with E-state index in [-0.39, 0.29) is 23.1 Å². The molecule has 0 saturated carbocycles. The second-order valence-corrected chi connectivity index (χ2v) is 8.30. The molecule has 2 amide bonds. The molecular formula is C17H16ClN3O5S. The third-order valence-corrected chi connectivity index (χ3v) is 5.80. The fourth-order valence-electron chi connectivity index (χ4n) is 2.46. The number of carbonyl (C=O) groups is 2.